The topological polar surface area (TPSA) is 50.5 Å². The molecule has 3 saturated heterocycles. The van der Waals surface area contributed by atoms with Crippen LogP contribution < -0.4 is 5.32 Å². The summed E-state index contributed by atoms with van der Waals surface area (Å²) in [5.74, 6) is 1.32. The molecule has 1 spiro atoms. The van der Waals surface area contributed by atoms with Gasteiger partial charge < -0.3 is 14.5 Å². The van der Waals surface area contributed by atoms with Crippen LogP contribution in [0.1, 0.15) is 30.7 Å². The summed E-state index contributed by atoms with van der Waals surface area (Å²) in [6.07, 6.45) is 6.95. The van der Waals surface area contributed by atoms with Crippen LogP contribution in [-0.2, 0) is 4.74 Å². The van der Waals surface area contributed by atoms with Gasteiger partial charge in [0.1, 0.15) is 6.26 Å². The van der Waals surface area contributed by atoms with Crippen molar-refractivity contribution in [1.82, 2.24) is 15.2 Å². The van der Waals surface area contributed by atoms with Crippen LogP contribution in [0.2, 0.25) is 0 Å². The highest BCUT2D eigenvalue weighted by Gasteiger charge is 2.47. The summed E-state index contributed by atoms with van der Waals surface area (Å²) in [7, 11) is 0. The molecule has 1 aromatic carbocycles. The molecule has 1 atom stereocenters. The maximum absolute atomic E-state index is 6.10. The van der Waals surface area contributed by atoms with E-state index in [-0.39, 0.29) is 5.60 Å². The summed E-state index contributed by atoms with van der Waals surface area (Å²) in [5, 5.41) is 3.36. The van der Waals surface area contributed by atoms with E-state index in [9.17, 15) is 0 Å². The monoisotopic (exact) mass is 339 g/mol. The molecule has 0 aliphatic carbocycles. The molecule has 132 valence electrons. The van der Waals surface area contributed by atoms with Crippen LogP contribution in [0.25, 0.3) is 11.5 Å². The third-order valence-corrected chi connectivity index (χ3v) is 6.19. The Bertz CT molecular complexity index is 718. The van der Waals surface area contributed by atoms with Gasteiger partial charge in [0.2, 0.25) is 5.89 Å². The number of aromatic nitrogens is 1. The third kappa shape index (κ3) is 2.80. The first kappa shape index (κ1) is 15.6. The number of nitrogens with one attached hydrogen (secondary N) is 1. The fourth-order valence-corrected chi connectivity index (χ4v) is 4.68. The van der Waals surface area contributed by atoms with Gasteiger partial charge in [-0.2, -0.15) is 0 Å². The van der Waals surface area contributed by atoms with Gasteiger partial charge in [0.05, 0.1) is 18.4 Å². The standard InChI is InChI=1S/C20H25N3O2/c1-2-4-18(19-22-7-10-24-19)17(3-1)15-5-8-23(9-6-15)16-11-20(25-12-16)13-21-14-20/h1-4,7,10,15-16,21H,5-6,8-9,11-14H2/t16-/m0/s1. The van der Waals surface area contributed by atoms with Gasteiger partial charge in [0.25, 0.3) is 0 Å². The number of oxazole rings is 1. The minimum atomic E-state index is 0.152. The zero-order valence-corrected chi connectivity index (χ0v) is 14.5. The van der Waals surface area contributed by atoms with Crippen molar-refractivity contribution in [2.45, 2.75) is 36.8 Å². The maximum atomic E-state index is 6.10. The Morgan fingerprint density at radius 2 is 2.00 bits per heavy atom. The van der Waals surface area contributed by atoms with Crippen LogP contribution in [0.3, 0.4) is 0 Å². The molecular weight excluding hydrogens is 314 g/mol. The lowest BCUT2D eigenvalue weighted by molar-refractivity contribution is -0.0367. The van der Waals surface area contributed by atoms with Crippen molar-refractivity contribution in [2.24, 2.45) is 0 Å². The lowest BCUT2D eigenvalue weighted by atomic mass is 9.85. The van der Waals surface area contributed by atoms with E-state index in [1.165, 1.54) is 24.8 Å². The number of hydrogen-bond donors (Lipinski definition) is 1. The molecule has 3 aliphatic heterocycles. The van der Waals surface area contributed by atoms with Gasteiger partial charge in [-0.25, -0.2) is 4.98 Å². The Morgan fingerprint density at radius 1 is 1.16 bits per heavy atom. The summed E-state index contributed by atoms with van der Waals surface area (Å²) >= 11 is 0. The summed E-state index contributed by atoms with van der Waals surface area (Å²) in [6, 6.07) is 9.18. The highest BCUT2D eigenvalue weighted by atomic mass is 16.5. The van der Waals surface area contributed by atoms with E-state index in [0.29, 0.717) is 12.0 Å². The van der Waals surface area contributed by atoms with Crippen LogP contribution in [0.5, 0.6) is 0 Å². The third-order valence-electron chi connectivity index (χ3n) is 6.19. The molecule has 0 radical (unpaired) electrons. The minimum absolute atomic E-state index is 0.152. The Hall–Kier alpha value is -1.69. The molecular formula is C20H25N3O2. The lowest BCUT2D eigenvalue weighted by Crippen LogP contribution is -2.59. The van der Waals surface area contributed by atoms with E-state index >= 15 is 0 Å². The van der Waals surface area contributed by atoms with Crippen molar-refractivity contribution in [2.75, 3.05) is 32.8 Å². The summed E-state index contributed by atoms with van der Waals surface area (Å²) in [5.41, 5.74) is 2.68. The normalized spacial score (nSPS) is 26.8. The quantitative estimate of drug-likeness (QED) is 0.932. The Balaban J connectivity index is 1.27. The molecule has 1 N–H and O–H groups in total. The van der Waals surface area contributed by atoms with Gasteiger partial charge in [0, 0.05) is 24.7 Å². The van der Waals surface area contributed by atoms with E-state index in [1.54, 1.807) is 12.5 Å². The van der Waals surface area contributed by atoms with Crippen molar-refractivity contribution in [3.63, 3.8) is 0 Å². The van der Waals surface area contributed by atoms with Gasteiger partial charge in [0.15, 0.2) is 0 Å². The number of rotatable bonds is 3. The first-order chi connectivity index (χ1) is 12.3. The molecule has 0 bridgehead atoms. The van der Waals surface area contributed by atoms with Crippen molar-refractivity contribution in [3.05, 3.63) is 42.3 Å². The second-order valence-corrected chi connectivity index (χ2v) is 7.69. The van der Waals surface area contributed by atoms with Crippen molar-refractivity contribution < 1.29 is 9.15 Å². The van der Waals surface area contributed by atoms with E-state index in [1.807, 2.05) is 0 Å². The molecule has 4 heterocycles. The molecule has 0 saturated carbocycles. The van der Waals surface area contributed by atoms with Crippen molar-refractivity contribution in [1.29, 1.82) is 0 Å². The largest absolute Gasteiger partial charge is 0.445 e. The number of benzene rings is 1. The molecule has 3 fully saturated rings. The van der Waals surface area contributed by atoms with Gasteiger partial charge in [-0.15, -0.1) is 0 Å². The first-order valence-corrected chi connectivity index (χ1v) is 9.41. The van der Waals surface area contributed by atoms with Crippen molar-refractivity contribution in [3.8, 4) is 11.5 Å². The van der Waals surface area contributed by atoms with Gasteiger partial charge >= 0.3 is 0 Å². The second-order valence-electron chi connectivity index (χ2n) is 7.69. The SMILES string of the molecule is c1ccc(C2CCN([C@@H]3COC4(CNC4)C3)CC2)c(-c2ncco2)c1. The molecule has 0 unspecified atom stereocenters. The number of piperidine rings is 1. The Kier molecular flexibility index (Phi) is 3.88. The molecule has 5 rings (SSSR count). The zero-order valence-electron chi connectivity index (χ0n) is 14.5. The summed E-state index contributed by atoms with van der Waals surface area (Å²) in [4.78, 5) is 7.00. The Labute approximate surface area is 148 Å². The average molecular weight is 339 g/mol. The van der Waals surface area contributed by atoms with Gasteiger partial charge in [-0.05, 0) is 49.9 Å². The summed E-state index contributed by atoms with van der Waals surface area (Å²) in [6.45, 7) is 5.27. The highest BCUT2D eigenvalue weighted by molar-refractivity contribution is 5.59. The number of nitrogens with zero attached hydrogens (tertiary/aromatic N) is 2. The number of hydrogen-bond acceptors (Lipinski definition) is 5. The molecule has 5 nitrogen and oxygen atoms in total. The fourth-order valence-electron chi connectivity index (χ4n) is 4.68. The van der Waals surface area contributed by atoms with E-state index in [4.69, 9.17) is 9.15 Å². The van der Waals surface area contributed by atoms with Crippen molar-refractivity contribution >= 4 is 0 Å². The number of likely N-dealkylation sites (tertiary alicyclic amines) is 1. The molecule has 25 heavy (non-hydrogen) atoms. The highest BCUT2D eigenvalue weighted by Crippen LogP contribution is 2.38. The van der Waals surface area contributed by atoms with Crippen LogP contribution in [-0.4, -0.2) is 54.3 Å². The first-order valence-electron chi connectivity index (χ1n) is 9.41. The molecule has 5 heteroatoms. The molecule has 2 aromatic rings. The molecule has 3 aliphatic rings. The predicted octanol–water partition coefficient (Wildman–Crippen LogP) is 2.65. The van der Waals surface area contributed by atoms with Crippen LogP contribution in [0, 0.1) is 0 Å². The summed E-state index contributed by atoms with van der Waals surface area (Å²) < 4.78 is 11.6. The number of ether oxygens (including phenoxy) is 1. The fraction of sp³-hybridized carbons (Fsp3) is 0.550. The van der Waals surface area contributed by atoms with Crippen LogP contribution >= 0.6 is 0 Å². The Morgan fingerprint density at radius 3 is 2.68 bits per heavy atom. The zero-order chi connectivity index (χ0) is 16.7. The second kappa shape index (κ2) is 6.24. The average Bonchev–Trinajstić information content (AvgIpc) is 3.32. The maximum Gasteiger partial charge on any atom is 0.226 e. The van der Waals surface area contributed by atoms with E-state index in [2.05, 4.69) is 39.5 Å². The predicted molar refractivity (Wildman–Crippen MR) is 95.4 cm³/mol. The molecule has 0 amide bonds. The van der Waals surface area contributed by atoms with E-state index in [0.717, 1.165) is 44.2 Å². The van der Waals surface area contributed by atoms with Gasteiger partial charge in [-0.1, -0.05) is 18.2 Å². The smallest absolute Gasteiger partial charge is 0.226 e. The minimum Gasteiger partial charge on any atom is -0.445 e. The van der Waals surface area contributed by atoms with E-state index < -0.39 is 0 Å². The van der Waals surface area contributed by atoms with Gasteiger partial charge in [-0.3, -0.25) is 4.90 Å². The lowest BCUT2D eigenvalue weighted by Gasteiger charge is -2.40. The van der Waals surface area contributed by atoms with Crippen LogP contribution in [0.15, 0.2) is 41.1 Å². The molecule has 1 aromatic heterocycles. The van der Waals surface area contributed by atoms with Crippen LogP contribution in [0.4, 0.5) is 0 Å².